The fourth-order valence-corrected chi connectivity index (χ4v) is 1.80. The number of nitriles is 1. The zero-order chi connectivity index (χ0) is 13.6. The summed E-state index contributed by atoms with van der Waals surface area (Å²) in [5, 5.41) is 14.6. The number of hydrogen-bond acceptors (Lipinski definition) is 3. The minimum atomic E-state index is -0.930. The van der Waals surface area contributed by atoms with Crippen molar-refractivity contribution in [2.45, 2.75) is 39.5 Å². The fraction of sp³-hybridized carbons (Fsp3) is 0.769. The summed E-state index contributed by atoms with van der Waals surface area (Å²) in [6, 6.07) is 2.09. The third-order valence-electron chi connectivity index (χ3n) is 3.51. The molecule has 0 unspecified atom stereocenters. The van der Waals surface area contributed by atoms with Gasteiger partial charge in [-0.3, -0.25) is 9.59 Å². The average molecular weight is 251 g/mol. The lowest BCUT2D eigenvalue weighted by atomic mass is 9.83. The zero-order valence-electron chi connectivity index (χ0n) is 11.1. The molecule has 1 fully saturated rings. The van der Waals surface area contributed by atoms with Crippen molar-refractivity contribution < 1.29 is 9.59 Å². The molecular weight excluding hydrogens is 230 g/mol. The van der Waals surface area contributed by atoms with E-state index >= 15 is 0 Å². The van der Waals surface area contributed by atoms with Crippen molar-refractivity contribution in [1.82, 2.24) is 10.6 Å². The summed E-state index contributed by atoms with van der Waals surface area (Å²) in [6.07, 6.45) is 2.95. The second-order valence-corrected chi connectivity index (χ2v) is 4.72. The topological polar surface area (TPSA) is 82.0 Å². The Labute approximate surface area is 108 Å². The molecule has 2 amide bonds. The highest BCUT2D eigenvalue weighted by Gasteiger charge is 2.34. The Hall–Kier alpha value is -1.57. The highest BCUT2D eigenvalue weighted by atomic mass is 16.2. The molecule has 5 nitrogen and oxygen atoms in total. The summed E-state index contributed by atoms with van der Waals surface area (Å²) in [7, 11) is 0. The summed E-state index contributed by atoms with van der Waals surface area (Å²) in [5.41, 5.74) is -0.930. The van der Waals surface area contributed by atoms with Crippen LogP contribution in [0.4, 0.5) is 0 Å². The Kier molecular flexibility index (Phi) is 5.14. The van der Waals surface area contributed by atoms with Gasteiger partial charge in [-0.25, -0.2) is 0 Å². The normalized spacial score (nSPS) is 14.7. The van der Waals surface area contributed by atoms with Crippen LogP contribution in [0.2, 0.25) is 0 Å². The van der Waals surface area contributed by atoms with E-state index in [1.807, 2.05) is 13.8 Å². The Balaban J connectivity index is 2.27. The van der Waals surface area contributed by atoms with Gasteiger partial charge in [-0.1, -0.05) is 13.8 Å². The van der Waals surface area contributed by atoms with Gasteiger partial charge in [0.1, 0.15) is 5.41 Å². The second-order valence-electron chi connectivity index (χ2n) is 4.72. The van der Waals surface area contributed by atoms with Gasteiger partial charge in [0.2, 0.25) is 11.8 Å². The summed E-state index contributed by atoms with van der Waals surface area (Å²) >= 11 is 0. The zero-order valence-corrected chi connectivity index (χ0v) is 11.1. The van der Waals surface area contributed by atoms with Crippen LogP contribution >= 0.6 is 0 Å². The first kappa shape index (κ1) is 14.5. The summed E-state index contributed by atoms with van der Waals surface area (Å²) < 4.78 is 0. The van der Waals surface area contributed by atoms with Gasteiger partial charge in [-0.15, -0.1) is 0 Å². The number of hydrogen-bond donors (Lipinski definition) is 2. The highest BCUT2D eigenvalue weighted by molar-refractivity contribution is 5.85. The summed E-state index contributed by atoms with van der Waals surface area (Å²) in [4.78, 5) is 23.2. The Bertz CT molecular complexity index is 352. The first-order valence-electron chi connectivity index (χ1n) is 6.57. The van der Waals surface area contributed by atoms with E-state index in [0.717, 1.165) is 12.8 Å². The Morgan fingerprint density at radius 2 is 1.78 bits per heavy atom. The molecule has 0 aromatic heterocycles. The maximum absolute atomic E-state index is 11.9. The largest absolute Gasteiger partial charge is 0.354 e. The number of rotatable bonds is 7. The van der Waals surface area contributed by atoms with Gasteiger partial charge in [0, 0.05) is 19.0 Å². The predicted molar refractivity (Wildman–Crippen MR) is 67.4 cm³/mol. The summed E-state index contributed by atoms with van der Waals surface area (Å²) in [5.74, 6) is 0.0163. The van der Waals surface area contributed by atoms with Crippen LogP contribution in [0.15, 0.2) is 0 Å². The molecular formula is C13H21N3O2. The highest BCUT2D eigenvalue weighted by Crippen LogP contribution is 2.28. The van der Waals surface area contributed by atoms with E-state index < -0.39 is 5.41 Å². The SMILES string of the molecule is CCC(C#N)(CC)C(=O)NCCNC(=O)C1CC1. The van der Waals surface area contributed by atoms with Crippen molar-refractivity contribution in [1.29, 1.82) is 5.26 Å². The van der Waals surface area contributed by atoms with Crippen LogP contribution in [-0.4, -0.2) is 24.9 Å². The molecule has 0 spiro atoms. The summed E-state index contributed by atoms with van der Waals surface area (Å²) in [6.45, 7) is 4.47. The molecule has 5 heteroatoms. The van der Waals surface area contributed by atoms with Gasteiger partial charge in [0.05, 0.1) is 6.07 Å². The molecule has 0 aliphatic heterocycles. The molecule has 2 N–H and O–H groups in total. The first-order chi connectivity index (χ1) is 8.59. The van der Waals surface area contributed by atoms with E-state index in [2.05, 4.69) is 16.7 Å². The first-order valence-corrected chi connectivity index (χ1v) is 6.57. The number of nitrogens with one attached hydrogen (secondary N) is 2. The van der Waals surface area contributed by atoms with Crippen molar-refractivity contribution in [2.24, 2.45) is 11.3 Å². The maximum atomic E-state index is 11.9. The number of carbonyl (C=O) groups excluding carboxylic acids is 2. The third-order valence-corrected chi connectivity index (χ3v) is 3.51. The molecule has 0 atom stereocenters. The molecule has 1 aliphatic carbocycles. The predicted octanol–water partition coefficient (Wildman–Crippen LogP) is 0.959. The van der Waals surface area contributed by atoms with Crippen molar-refractivity contribution in [3.8, 4) is 6.07 Å². The molecule has 18 heavy (non-hydrogen) atoms. The average Bonchev–Trinajstić information content (AvgIpc) is 3.21. The van der Waals surface area contributed by atoms with E-state index in [9.17, 15) is 9.59 Å². The molecule has 1 aliphatic rings. The van der Waals surface area contributed by atoms with Crippen LogP contribution < -0.4 is 10.6 Å². The second kappa shape index (κ2) is 6.39. The lowest BCUT2D eigenvalue weighted by Crippen LogP contribution is -2.42. The van der Waals surface area contributed by atoms with E-state index in [1.54, 1.807) is 0 Å². The van der Waals surface area contributed by atoms with Crippen molar-refractivity contribution in [3.05, 3.63) is 0 Å². The molecule has 0 aromatic carbocycles. The molecule has 100 valence electrons. The van der Waals surface area contributed by atoms with Crippen molar-refractivity contribution in [2.75, 3.05) is 13.1 Å². The van der Waals surface area contributed by atoms with E-state index in [1.165, 1.54) is 0 Å². The van der Waals surface area contributed by atoms with Crippen molar-refractivity contribution >= 4 is 11.8 Å². The monoisotopic (exact) mass is 251 g/mol. The van der Waals surface area contributed by atoms with Crippen LogP contribution in [0.3, 0.4) is 0 Å². The van der Waals surface area contributed by atoms with E-state index in [-0.39, 0.29) is 17.7 Å². The molecule has 0 heterocycles. The number of carbonyl (C=O) groups is 2. The molecule has 1 saturated carbocycles. The number of amides is 2. The van der Waals surface area contributed by atoms with Crippen LogP contribution in [0, 0.1) is 22.7 Å². The van der Waals surface area contributed by atoms with Gasteiger partial charge < -0.3 is 10.6 Å². The van der Waals surface area contributed by atoms with E-state index in [4.69, 9.17) is 5.26 Å². The quantitative estimate of drug-likeness (QED) is 0.661. The molecule has 0 radical (unpaired) electrons. The van der Waals surface area contributed by atoms with Gasteiger partial charge in [0.25, 0.3) is 0 Å². The van der Waals surface area contributed by atoms with Crippen molar-refractivity contribution in [3.63, 3.8) is 0 Å². The third kappa shape index (κ3) is 3.46. The lowest BCUT2D eigenvalue weighted by Gasteiger charge is -2.22. The van der Waals surface area contributed by atoms with Gasteiger partial charge >= 0.3 is 0 Å². The van der Waals surface area contributed by atoms with Crippen LogP contribution in [-0.2, 0) is 9.59 Å². The Morgan fingerprint density at radius 3 is 2.22 bits per heavy atom. The molecule has 1 rings (SSSR count). The standard InChI is InChI=1S/C13H21N3O2/c1-3-13(4-2,9-14)12(18)16-8-7-15-11(17)10-5-6-10/h10H,3-8H2,1-2H3,(H,15,17)(H,16,18). The molecule has 0 bridgehead atoms. The molecule has 0 saturated heterocycles. The minimum absolute atomic E-state index is 0.0711. The Morgan fingerprint density at radius 1 is 1.22 bits per heavy atom. The van der Waals surface area contributed by atoms with Gasteiger partial charge in [-0.05, 0) is 25.7 Å². The van der Waals surface area contributed by atoms with E-state index in [0.29, 0.717) is 25.9 Å². The van der Waals surface area contributed by atoms with Crippen LogP contribution in [0.25, 0.3) is 0 Å². The fourth-order valence-electron chi connectivity index (χ4n) is 1.80. The maximum Gasteiger partial charge on any atom is 0.240 e. The van der Waals surface area contributed by atoms with Gasteiger partial charge in [0.15, 0.2) is 0 Å². The smallest absolute Gasteiger partial charge is 0.240 e. The van der Waals surface area contributed by atoms with Crippen LogP contribution in [0.1, 0.15) is 39.5 Å². The lowest BCUT2D eigenvalue weighted by molar-refractivity contribution is -0.129. The molecule has 0 aromatic rings. The number of nitrogens with zero attached hydrogens (tertiary/aromatic N) is 1. The minimum Gasteiger partial charge on any atom is -0.354 e. The van der Waals surface area contributed by atoms with Crippen LogP contribution in [0.5, 0.6) is 0 Å². The van der Waals surface area contributed by atoms with Gasteiger partial charge in [-0.2, -0.15) is 5.26 Å².